The third-order valence-electron chi connectivity index (χ3n) is 5.10. The van der Waals surface area contributed by atoms with E-state index in [0.29, 0.717) is 30.1 Å². The van der Waals surface area contributed by atoms with Gasteiger partial charge in [0.2, 0.25) is 0 Å². The van der Waals surface area contributed by atoms with Crippen LogP contribution in [0.1, 0.15) is 55.4 Å². The first kappa shape index (κ1) is 21.0. The van der Waals surface area contributed by atoms with Gasteiger partial charge < -0.3 is 9.47 Å². The third kappa shape index (κ3) is 5.03. The molecule has 0 aliphatic rings. The van der Waals surface area contributed by atoms with Gasteiger partial charge in [-0.2, -0.15) is 0 Å². The van der Waals surface area contributed by atoms with Gasteiger partial charge in [-0.05, 0) is 49.9 Å². The first-order chi connectivity index (χ1) is 13.9. The van der Waals surface area contributed by atoms with E-state index in [1.165, 1.54) is 12.1 Å². The van der Waals surface area contributed by atoms with Gasteiger partial charge in [0.15, 0.2) is 0 Å². The first-order valence-electron chi connectivity index (χ1n) is 10.4. The highest BCUT2D eigenvalue weighted by Crippen LogP contribution is 2.21. The molecule has 4 nitrogen and oxygen atoms in total. The molecule has 154 valence electrons. The zero-order valence-electron chi connectivity index (χ0n) is 17.8. The fraction of sp³-hybridized carbons (Fsp3) is 0.417. The van der Waals surface area contributed by atoms with E-state index in [9.17, 15) is 9.18 Å². The Balaban J connectivity index is 1.96. The highest BCUT2D eigenvalue weighted by Gasteiger charge is 2.20. The van der Waals surface area contributed by atoms with Crippen molar-refractivity contribution in [3.63, 3.8) is 0 Å². The minimum absolute atomic E-state index is 0.00985. The summed E-state index contributed by atoms with van der Waals surface area (Å²) < 4.78 is 15.8. The van der Waals surface area contributed by atoms with Crippen molar-refractivity contribution in [1.82, 2.24) is 14.5 Å². The molecule has 3 rings (SSSR count). The van der Waals surface area contributed by atoms with Crippen molar-refractivity contribution in [2.45, 2.75) is 53.6 Å². The quantitative estimate of drug-likeness (QED) is 0.499. The highest BCUT2D eigenvalue weighted by molar-refractivity contribution is 5.94. The Bertz CT molecular complexity index is 993. The summed E-state index contributed by atoms with van der Waals surface area (Å²) in [5.41, 5.74) is 3.31. The molecule has 0 spiro atoms. The lowest BCUT2D eigenvalue weighted by molar-refractivity contribution is 0.0729. The number of benzene rings is 2. The number of fused-ring (bicyclic) bond motifs is 1. The van der Waals surface area contributed by atoms with Crippen LogP contribution in [-0.2, 0) is 13.1 Å². The van der Waals surface area contributed by atoms with Crippen LogP contribution in [0.2, 0.25) is 0 Å². The number of aryl methyl sites for hydroxylation is 2. The molecule has 0 aliphatic carbocycles. The zero-order chi connectivity index (χ0) is 21.0. The summed E-state index contributed by atoms with van der Waals surface area (Å²) in [6, 6.07) is 12.4. The maximum Gasteiger partial charge on any atom is 0.254 e. The molecule has 0 fully saturated rings. The number of carbonyl (C=O) groups is 1. The average molecular weight is 396 g/mol. The molecule has 2 aromatic carbocycles. The second kappa shape index (κ2) is 9.21. The van der Waals surface area contributed by atoms with E-state index in [0.717, 1.165) is 36.3 Å². The smallest absolute Gasteiger partial charge is 0.254 e. The van der Waals surface area contributed by atoms with E-state index < -0.39 is 0 Å². The number of carbonyl (C=O) groups excluding carboxylic acids is 1. The van der Waals surface area contributed by atoms with E-state index in [1.807, 2.05) is 36.1 Å². The van der Waals surface area contributed by atoms with Gasteiger partial charge in [-0.25, -0.2) is 9.37 Å². The van der Waals surface area contributed by atoms with Crippen LogP contribution in [0.3, 0.4) is 0 Å². The Morgan fingerprint density at radius 3 is 2.69 bits per heavy atom. The van der Waals surface area contributed by atoms with E-state index in [-0.39, 0.29) is 11.7 Å². The molecule has 0 bridgehead atoms. The number of imidazole rings is 1. The Hall–Kier alpha value is -2.69. The minimum atomic E-state index is -0.294. The second-order valence-corrected chi connectivity index (χ2v) is 8.09. The van der Waals surface area contributed by atoms with Crippen molar-refractivity contribution in [3.8, 4) is 0 Å². The van der Waals surface area contributed by atoms with Gasteiger partial charge in [0.05, 0.1) is 17.6 Å². The van der Waals surface area contributed by atoms with Gasteiger partial charge in [0.25, 0.3) is 5.91 Å². The topological polar surface area (TPSA) is 38.1 Å². The van der Waals surface area contributed by atoms with Crippen molar-refractivity contribution in [2.24, 2.45) is 5.92 Å². The second-order valence-electron chi connectivity index (χ2n) is 8.09. The fourth-order valence-corrected chi connectivity index (χ4v) is 3.54. The number of aromatic nitrogens is 2. The monoisotopic (exact) mass is 395 g/mol. The SMILES string of the molecule is CCCn1c(CN(CCC(C)C)C(=O)c2cccc(C)c2)nc2cc(F)ccc21. The van der Waals surface area contributed by atoms with Gasteiger partial charge in [0.1, 0.15) is 11.6 Å². The lowest BCUT2D eigenvalue weighted by Crippen LogP contribution is -2.33. The van der Waals surface area contributed by atoms with Crippen LogP contribution < -0.4 is 0 Å². The van der Waals surface area contributed by atoms with Gasteiger partial charge in [-0.3, -0.25) is 4.79 Å². The molecule has 0 unspecified atom stereocenters. The van der Waals surface area contributed by atoms with Crippen molar-refractivity contribution >= 4 is 16.9 Å². The summed E-state index contributed by atoms with van der Waals surface area (Å²) in [5.74, 6) is 1.01. The van der Waals surface area contributed by atoms with Crippen LogP contribution in [0, 0.1) is 18.7 Å². The van der Waals surface area contributed by atoms with Gasteiger partial charge >= 0.3 is 0 Å². The van der Waals surface area contributed by atoms with Gasteiger partial charge in [0, 0.05) is 24.7 Å². The molecule has 0 atom stereocenters. The molecule has 0 N–H and O–H groups in total. The number of nitrogens with zero attached hydrogens (tertiary/aromatic N) is 3. The van der Waals surface area contributed by atoms with Gasteiger partial charge in [-0.1, -0.05) is 38.5 Å². The Morgan fingerprint density at radius 1 is 1.21 bits per heavy atom. The Morgan fingerprint density at radius 2 is 2.00 bits per heavy atom. The van der Waals surface area contributed by atoms with E-state index >= 15 is 0 Å². The van der Waals surface area contributed by atoms with Crippen LogP contribution in [0.5, 0.6) is 0 Å². The predicted molar refractivity (Wildman–Crippen MR) is 115 cm³/mol. The van der Waals surface area contributed by atoms with Crippen molar-refractivity contribution in [2.75, 3.05) is 6.54 Å². The molecule has 1 amide bonds. The summed E-state index contributed by atoms with van der Waals surface area (Å²) in [7, 11) is 0. The molecule has 0 radical (unpaired) electrons. The number of halogens is 1. The summed E-state index contributed by atoms with van der Waals surface area (Å²) in [4.78, 5) is 19.8. The summed E-state index contributed by atoms with van der Waals surface area (Å²) in [6.07, 6.45) is 1.86. The lowest BCUT2D eigenvalue weighted by Gasteiger charge is -2.24. The number of amides is 1. The third-order valence-corrected chi connectivity index (χ3v) is 5.10. The molecule has 5 heteroatoms. The van der Waals surface area contributed by atoms with E-state index in [4.69, 9.17) is 0 Å². The maximum absolute atomic E-state index is 13.7. The largest absolute Gasteiger partial charge is 0.331 e. The molecule has 29 heavy (non-hydrogen) atoms. The highest BCUT2D eigenvalue weighted by atomic mass is 19.1. The number of hydrogen-bond donors (Lipinski definition) is 0. The first-order valence-corrected chi connectivity index (χ1v) is 10.4. The molecular weight excluding hydrogens is 365 g/mol. The minimum Gasteiger partial charge on any atom is -0.331 e. The van der Waals surface area contributed by atoms with Crippen molar-refractivity contribution in [3.05, 3.63) is 65.2 Å². The molecule has 1 aromatic heterocycles. The van der Waals surface area contributed by atoms with Crippen molar-refractivity contribution in [1.29, 1.82) is 0 Å². The van der Waals surface area contributed by atoms with Gasteiger partial charge in [-0.15, -0.1) is 0 Å². The van der Waals surface area contributed by atoms with E-state index in [2.05, 4.69) is 30.3 Å². The summed E-state index contributed by atoms with van der Waals surface area (Å²) in [5, 5.41) is 0. The summed E-state index contributed by atoms with van der Waals surface area (Å²) >= 11 is 0. The zero-order valence-corrected chi connectivity index (χ0v) is 17.8. The Kier molecular flexibility index (Phi) is 6.68. The predicted octanol–water partition coefficient (Wildman–Crippen LogP) is 5.58. The molecule has 3 aromatic rings. The normalized spacial score (nSPS) is 11.4. The molecule has 0 saturated carbocycles. The standard InChI is InChI=1S/C24H30FN3O/c1-5-12-28-22-10-9-20(25)15-21(22)26-23(28)16-27(13-11-17(2)3)24(29)19-8-6-7-18(4)14-19/h6-10,14-15,17H,5,11-13,16H2,1-4H3. The molecule has 0 aliphatic heterocycles. The van der Waals surface area contributed by atoms with Crippen LogP contribution in [0.4, 0.5) is 4.39 Å². The van der Waals surface area contributed by atoms with Crippen LogP contribution in [-0.4, -0.2) is 26.9 Å². The average Bonchev–Trinajstić information content (AvgIpc) is 3.01. The molecule has 0 saturated heterocycles. The maximum atomic E-state index is 13.7. The van der Waals surface area contributed by atoms with Crippen LogP contribution in [0.15, 0.2) is 42.5 Å². The molecule has 1 heterocycles. The summed E-state index contributed by atoms with van der Waals surface area (Å²) in [6.45, 7) is 10.3. The lowest BCUT2D eigenvalue weighted by atomic mass is 10.1. The number of hydrogen-bond acceptors (Lipinski definition) is 2. The Labute approximate surface area is 172 Å². The fourth-order valence-electron chi connectivity index (χ4n) is 3.54. The molecular formula is C24H30FN3O. The number of rotatable bonds is 8. The van der Waals surface area contributed by atoms with Crippen LogP contribution in [0.25, 0.3) is 11.0 Å². The van der Waals surface area contributed by atoms with Crippen molar-refractivity contribution < 1.29 is 9.18 Å². The van der Waals surface area contributed by atoms with Crippen LogP contribution >= 0.6 is 0 Å². The van der Waals surface area contributed by atoms with E-state index in [1.54, 1.807) is 6.07 Å².